The Labute approximate surface area is 101 Å². The molecule has 6 heteroatoms. The first-order chi connectivity index (χ1) is 8.22. The summed E-state index contributed by atoms with van der Waals surface area (Å²) in [4.78, 5) is 10.8. The van der Waals surface area contributed by atoms with Gasteiger partial charge in [0.05, 0.1) is 6.61 Å². The zero-order valence-corrected chi connectivity index (χ0v) is 10.3. The number of nitrogens with zero attached hydrogens (tertiary/aromatic N) is 3. The predicted molar refractivity (Wildman–Crippen MR) is 66.8 cm³/mol. The molecule has 1 aromatic rings. The van der Waals surface area contributed by atoms with Crippen LogP contribution in [0.4, 0.5) is 11.8 Å². The van der Waals surface area contributed by atoms with E-state index in [1.54, 1.807) is 7.11 Å². The molecule has 17 heavy (non-hydrogen) atoms. The Kier molecular flexibility index (Phi) is 3.75. The third kappa shape index (κ3) is 2.83. The van der Waals surface area contributed by atoms with Gasteiger partial charge in [-0.2, -0.15) is 4.98 Å². The second kappa shape index (κ2) is 5.29. The molecule has 0 spiro atoms. The number of hydrogen-bond acceptors (Lipinski definition) is 6. The lowest BCUT2D eigenvalue weighted by Gasteiger charge is -2.18. The maximum Gasteiger partial charge on any atom is 0.239 e. The number of aromatic nitrogens is 2. The Hall–Kier alpha value is -1.40. The van der Waals surface area contributed by atoms with Gasteiger partial charge in [-0.15, -0.1) is 0 Å². The van der Waals surface area contributed by atoms with Crippen LogP contribution >= 0.6 is 0 Å². The standard InChI is InChI=1S/C11H19N5O/c1-8-5-10(14-11(13-8)15-12)16-4-3-9(6-16)7-17-2/h5,9H,3-4,6-7,12H2,1-2H3,(H,13,14,15). The van der Waals surface area contributed by atoms with Crippen molar-refractivity contribution in [3.63, 3.8) is 0 Å². The van der Waals surface area contributed by atoms with Gasteiger partial charge in [0, 0.05) is 37.9 Å². The number of hydrogen-bond donors (Lipinski definition) is 2. The minimum Gasteiger partial charge on any atom is -0.384 e. The maximum atomic E-state index is 5.35. The van der Waals surface area contributed by atoms with Gasteiger partial charge in [-0.1, -0.05) is 0 Å². The van der Waals surface area contributed by atoms with Crippen molar-refractivity contribution in [1.82, 2.24) is 9.97 Å². The summed E-state index contributed by atoms with van der Waals surface area (Å²) in [5.41, 5.74) is 3.41. The molecule has 1 fully saturated rings. The van der Waals surface area contributed by atoms with Crippen LogP contribution < -0.4 is 16.2 Å². The Bertz CT molecular complexity index is 384. The van der Waals surface area contributed by atoms with Gasteiger partial charge in [0.1, 0.15) is 5.82 Å². The van der Waals surface area contributed by atoms with E-state index in [1.807, 2.05) is 13.0 Å². The van der Waals surface area contributed by atoms with Crippen molar-refractivity contribution >= 4 is 11.8 Å². The van der Waals surface area contributed by atoms with E-state index < -0.39 is 0 Å². The number of aryl methyl sites for hydroxylation is 1. The summed E-state index contributed by atoms with van der Waals surface area (Å²) in [5, 5.41) is 0. The Morgan fingerprint density at radius 2 is 2.41 bits per heavy atom. The summed E-state index contributed by atoms with van der Waals surface area (Å²) < 4.78 is 5.19. The van der Waals surface area contributed by atoms with Gasteiger partial charge in [0.25, 0.3) is 0 Å². The first-order valence-electron chi connectivity index (χ1n) is 5.79. The van der Waals surface area contributed by atoms with Crippen LogP contribution in [0.25, 0.3) is 0 Å². The Balaban J connectivity index is 2.10. The third-order valence-electron chi connectivity index (χ3n) is 2.98. The van der Waals surface area contributed by atoms with Crippen LogP contribution in [-0.4, -0.2) is 36.8 Å². The maximum absolute atomic E-state index is 5.35. The van der Waals surface area contributed by atoms with Gasteiger partial charge in [-0.3, -0.25) is 5.43 Å². The number of nitrogens with two attached hydrogens (primary N) is 1. The van der Waals surface area contributed by atoms with Gasteiger partial charge < -0.3 is 9.64 Å². The minimum absolute atomic E-state index is 0.468. The molecule has 2 rings (SSSR count). The highest BCUT2D eigenvalue weighted by molar-refractivity contribution is 5.45. The fourth-order valence-electron chi connectivity index (χ4n) is 2.19. The molecule has 0 aliphatic carbocycles. The largest absolute Gasteiger partial charge is 0.384 e. The van der Waals surface area contributed by atoms with Crippen molar-refractivity contribution in [2.24, 2.45) is 11.8 Å². The molecular weight excluding hydrogens is 218 g/mol. The molecule has 0 amide bonds. The fourth-order valence-corrected chi connectivity index (χ4v) is 2.19. The molecule has 0 saturated carbocycles. The topological polar surface area (TPSA) is 76.3 Å². The number of nitrogen functional groups attached to an aromatic ring is 1. The summed E-state index contributed by atoms with van der Waals surface area (Å²) in [6, 6.07) is 1.98. The number of nitrogens with one attached hydrogen (secondary N) is 1. The van der Waals surface area contributed by atoms with Crippen LogP contribution in [0.5, 0.6) is 0 Å². The smallest absolute Gasteiger partial charge is 0.239 e. The molecule has 1 aromatic heterocycles. The van der Waals surface area contributed by atoms with Crippen molar-refractivity contribution < 1.29 is 4.74 Å². The summed E-state index contributed by atoms with van der Waals surface area (Å²) in [6.07, 6.45) is 1.14. The molecule has 0 aromatic carbocycles. The molecule has 0 radical (unpaired) electrons. The molecule has 1 saturated heterocycles. The third-order valence-corrected chi connectivity index (χ3v) is 2.98. The average Bonchev–Trinajstić information content (AvgIpc) is 2.77. The number of hydrazine groups is 1. The van der Waals surface area contributed by atoms with Crippen molar-refractivity contribution in [3.05, 3.63) is 11.8 Å². The number of methoxy groups -OCH3 is 1. The van der Waals surface area contributed by atoms with Crippen LogP contribution in [0, 0.1) is 12.8 Å². The highest BCUT2D eigenvalue weighted by Crippen LogP contribution is 2.23. The summed E-state index contributed by atoms with van der Waals surface area (Å²) in [5.74, 6) is 7.34. The second-order valence-electron chi connectivity index (χ2n) is 4.39. The summed E-state index contributed by atoms with van der Waals surface area (Å²) in [7, 11) is 1.74. The summed E-state index contributed by atoms with van der Waals surface area (Å²) in [6.45, 7) is 4.74. The summed E-state index contributed by atoms with van der Waals surface area (Å²) >= 11 is 0. The van der Waals surface area contributed by atoms with Crippen molar-refractivity contribution in [2.45, 2.75) is 13.3 Å². The van der Waals surface area contributed by atoms with E-state index in [9.17, 15) is 0 Å². The molecule has 6 nitrogen and oxygen atoms in total. The Morgan fingerprint density at radius 3 is 3.12 bits per heavy atom. The molecule has 1 aliphatic heterocycles. The van der Waals surface area contributed by atoms with Crippen molar-refractivity contribution in [3.8, 4) is 0 Å². The van der Waals surface area contributed by atoms with E-state index in [0.29, 0.717) is 11.9 Å². The predicted octanol–water partition coefficient (Wildman–Crippen LogP) is 0.543. The zero-order chi connectivity index (χ0) is 12.3. The lowest BCUT2D eigenvalue weighted by Crippen LogP contribution is -2.23. The fraction of sp³-hybridized carbons (Fsp3) is 0.636. The number of ether oxygens (including phenoxy) is 1. The van der Waals surface area contributed by atoms with Crippen LogP contribution in [-0.2, 0) is 4.74 Å². The first-order valence-corrected chi connectivity index (χ1v) is 5.79. The number of anilines is 2. The van der Waals surface area contributed by atoms with E-state index in [0.717, 1.165) is 37.6 Å². The van der Waals surface area contributed by atoms with E-state index in [4.69, 9.17) is 10.6 Å². The highest BCUT2D eigenvalue weighted by atomic mass is 16.5. The van der Waals surface area contributed by atoms with Gasteiger partial charge in [-0.25, -0.2) is 10.8 Å². The lowest BCUT2D eigenvalue weighted by atomic mass is 10.1. The molecule has 2 heterocycles. The van der Waals surface area contributed by atoms with Gasteiger partial charge in [0.15, 0.2) is 0 Å². The van der Waals surface area contributed by atoms with E-state index >= 15 is 0 Å². The molecule has 1 aliphatic rings. The van der Waals surface area contributed by atoms with E-state index in [-0.39, 0.29) is 0 Å². The van der Waals surface area contributed by atoms with Crippen LogP contribution in [0.1, 0.15) is 12.1 Å². The second-order valence-corrected chi connectivity index (χ2v) is 4.39. The van der Waals surface area contributed by atoms with Crippen molar-refractivity contribution in [2.75, 3.05) is 37.1 Å². The van der Waals surface area contributed by atoms with Crippen LogP contribution in [0.3, 0.4) is 0 Å². The lowest BCUT2D eigenvalue weighted by molar-refractivity contribution is 0.161. The van der Waals surface area contributed by atoms with Gasteiger partial charge in [0.2, 0.25) is 5.95 Å². The first kappa shape index (κ1) is 12.1. The average molecular weight is 237 g/mol. The molecule has 3 N–H and O–H groups in total. The van der Waals surface area contributed by atoms with Crippen LogP contribution in [0.15, 0.2) is 6.07 Å². The number of rotatable bonds is 4. The van der Waals surface area contributed by atoms with Crippen LogP contribution in [0.2, 0.25) is 0 Å². The monoisotopic (exact) mass is 237 g/mol. The molecule has 1 atom stereocenters. The normalized spacial score (nSPS) is 19.7. The molecule has 94 valence electrons. The highest BCUT2D eigenvalue weighted by Gasteiger charge is 2.23. The quantitative estimate of drug-likeness (QED) is 0.588. The molecular formula is C11H19N5O. The Morgan fingerprint density at radius 1 is 1.59 bits per heavy atom. The SMILES string of the molecule is COCC1CCN(c2cc(C)nc(NN)n2)C1. The minimum atomic E-state index is 0.468. The molecule has 0 bridgehead atoms. The van der Waals surface area contributed by atoms with Crippen molar-refractivity contribution in [1.29, 1.82) is 0 Å². The van der Waals surface area contributed by atoms with Gasteiger partial charge >= 0.3 is 0 Å². The van der Waals surface area contributed by atoms with E-state index in [1.165, 1.54) is 0 Å². The molecule has 1 unspecified atom stereocenters. The van der Waals surface area contributed by atoms with Gasteiger partial charge in [-0.05, 0) is 13.3 Å². The van der Waals surface area contributed by atoms with E-state index in [2.05, 4.69) is 20.3 Å². The zero-order valence-electron chi connectivity index (χ0n) is 10.3.